The van der Waals surface area contributed by atoms with Crippen molar-refractivity contribution in [2.75, 3.05) is 6.61 Å². The van der Waals surface area contributed by atoms with E-state index in [9.17, 15) is 4.79 Å². The predicted molar refractivity (Wildman–Crippen MR) is 63.4 cm³/mol. The van der Waals surface area contributed by atoms with E-state index in [-0.39, 0.29) is 18.3 Å². The van der Waals surface area contributed by atoms with Gasteiger partial charge in [-0.05, 0) is 40.1 Å². The number of hydrogen-bond donors (Lipinski definition) is 0. The molecule has 0 N–H and O–H groups in total. The van der Waals surface area contributed by atoms with Crippen LogP contribution in [0.4, 0.5) is 0 Å². The molecule has 2 rings (SSSR count). The highest BCUT2D eigenvalue weighted by atomic mass is 79.9. The number of hydrogen-bond acceptors (Lipinski definition) is 5. The average molecular weight is 297 g/mol. The molecule has 1 aromatic heterocycles. The van der Waals surface area contributed by atoms with Gasteiger partial charge in [0.1, 0.15) is 0 Å². The third-order valence-corrected chi connectivity index (χ3v) is 2.68. The summed E-state index contributed by atoms with van der Waals surface area (Å²) in [6, 6.07) is 7.38. The number of nitrogens with zero attached hydrogens (tertiary/aromatic N) is 2. The molecule has 1 aromatic carbocycles. The molecule has 0 aliphatic rings. The number of esters is 1. The normalized spacial score (nSPS) is 10.2. The zero-order valence-electron chi connectivity index (χ0n) is 9.01. The molecule has 0 saturated heterocycles. The van der Waals surface area contributed by atoms with Gasteiger partial charge in [0.15, 0.2) is 0 Å². The van der Waals surface area contributed by atoms with Gasteiger partial charge >= 0.3 is 5.97 Å². The van der Waals surface area contributed by atoms with Crippen LogP contribution in [-0.2, 0) is 4.74 Å². The van der Waals surface area contributed by atoms with Gasteiger partial charge in [-0.1, -0.05) is 12.1 Å². The standard InChI is InChI=1S/C11H9BrN2O3/c1-2-16-11(15)9-13-10(17-14-9)7-5-3-4-6-8(7)12/h3-6H,2H2,1H3. The summed E-state index contributed by atoms with van der Waals surface area (Å²) in [5, 5.41) is 3.57. The lowest BCUT2D eigenvalue weighted by molar-refractivity contribution is 0.0508. The highest BCUT2D eigenvalue weighted by Gasteiger charge is 2.17. The predicted octanol–water partition coefficient (Wildman–Crippen LogP) is 2.68. The summed E-state index contributed by atoms with van der Waals surface area (Å²) in [6.45, 7) is 1.99. The Morgan fingerprint density at radius 1 is 1.47 bits per heavy atom. The van der Waals surface area contributed by atoms with E-state index in [0.717, 1.165) is 10.0 Å². The lowest BCUT2D eigenvalue weighted by Gasteiger charge is -1.96. The van der Waals surface area contributed by atoms with Crippen molar-refractivity contribution in [3.05, 3.63) is 34.6 Å². The van der Waals surface area contributed by atoms with Gasteiger partial charge in [-0.25, -0.2) is 4.79 Å². The number of ether oxygens (including phenoxy) is 1. The number of rotatable bonds is 3. The van der Waals surface area contributed by atoms with Gasteiger partial charge in [0.25, 0.3) is 11.7 Å². The molecule has 0 radical (unpaired) electrons. The molecule has 0 atom stereocenters. The van der Waals surface area contributed by atoms with Crippen LogP contribution < -0.4 is 0 Å². The molecule has 0 amide bonds. The van der Waals surface area contributed by atoms with E-state index < -0.39 is 5.97 Å². The van der Waals surface area contributed by atoms with E-state index >= 15 is 0 Å². The molecule has 0 unspecified atom stereocenters. The Kier molecular flexibility index (Phi) is 3.53. The van der Waals surface area contributed by atoms with Crippen molar-refractivity contribution < 1.29 is 14.1 Å². The van der Waals surface area contributed by atoms with Crippen LogP contribution in [0.5, 0.6) is 0 Å². The van der Waals surface area contributed by atoms with Crippen LogP contribution in [0, 0.1) is 0 Å². The first-order chi connectivity index (χ1) is 8.22. The second-order valence-corrected chi connectivity index (χ2v) is 3.98. The van der Waals surface area contributed by atoms with E-state index in [1.165, 1.54) is 0 Å². The van der Waals surface area contributed by atoms with Crippen LogP contribution in [-0.4, -0.2) is 22.7 Å². The van der Waals surface area contributed by atoms with Crippen LogP contribution in [0.1, 0.15) is 17.5 Å². The fraction of sp³-hybridized carbons (Fsp3) is 0.182. The monoisotopic (exact) mass is 296 g/mol. The molecular weight excluding hydrogens is 288 g/mol. The van der Waals surface area contributed by atoms with Gasteiger partial charge in [0.2, 0.25) is 0 Å². The molecule has 5 nitrogen and oxygen atoms in total. The number of aromatic nitrogens is 2. The van der Waals surface area contributed by atoms with Crippen LogP contribution in [0.15, 0.2) is 33.3 Å². The first kappa shape index (κ1) is 11.8. The molecule has 0 bridgehead atoms. The Balaban J connectivity index is 2.30. The first-order valence-electron chi connectivity index (χ1n) is 4.98. The summed E-state index contributed by atoms with van der Waals surface area (Å²) in [5.41, 5.74) is 0.732. The second kappa shape index (κ2) is 5.09. The lowest BCUT2D eigenvalue weighted by Crippen LogP contribution is -2.06. The van der Waals surface area contributed by atoms with Gasteiger partial charge in [-0.15, -0.1) is 0 Å². The van der Waals surface area contributed by atoms with E-state index in [1.54, 1.807) is 6.92 Å². The van der Waals surface area contributed by atoms with Crippen LogP contribution in [0.25, 0.3) is 11.5 Å². The van der Waals surface area contributed by atoms with Crippen molar-refractivity contribution in [2.45, 2.75) is 6.92 Å². The molecule has 17 heavy (non-hydrogen) atoms. The molecule has 88 valence electrons. The van der Waals surface area contributed by atoms with Crippen LogP contribution in [0.3, 0.4) is 0 Å². The minimum Gasteiger partial charge on any atom is -0.460 e. The maximum Gasteiger partial charge on any atom is 0.379 e. The number of benzene rings is 1. The van der Waals surface area contributed by atoms with Crippen LogP contribution in [0.2, 0.25) is 0 Å². The molecular formula is C11H9BrN2O3. The Morgan fingerprint density at radius 3 is 2.94 bits per heavy atom. The highest BCUT2D eigenvalue weighted by Crippen LogP contribution is 2.26. The lowest BCUT2D eigenvalue weighted by atomic mass is 10.2. The maximum atomic E-state index is 11.4. The smallest absolute Gasteiger partial charge is 0.379 e. The van der Waals surface area contributed by atoms with Crippen molar-refractivity contribution in [1.82, 2.24) is 10.1 Å². The molecule has 0 saturated carbocycles. The Bertz CT molecular complexity index is 539. The van der Waals surface area contributed by atoms with Gasteiger partial charge in [0.05, 0.1) is 12.2 Å². The summed E-state index contributed by atoms with van der Waals surface area (Å²) >= 11 is 3.37. The van der Waals surface area contributed by atoms with Crippen molar-refractivity contribution in [2.24, 2.45) is 0 Å². The maximum absolute atomic E-state index is 11.4. The fourth-order valence-corrected chi connectivity index (χ4v) is 1.70. The SMILES string of the molecule is CCOC(=O)c1noc(-c2ccccc2Br)n1. The van der Waals surface area contributed by atoms with E-state index in [1.807, 2.05) is 24.3 Å². The Labute approximate surface area is 106 Å². The Morgan fingerprint density at radius 2 is 2.24 bits per heavy atom. The average Bonchev–Trinajstić information content (AvgIpc) is 2.79. The van der Waals surface area contributed by atoms with E-state index in [2.05, 4.69) is 26.1 Å². The van der Waals surface area contributed by atoms with E-state index in [0.29, 0.717) is 0 Å². The minimum absolute atomic E-state index is 0.0717. The quantitative estimate of drug-likeness (QED) is 0.815. The van der Waals surface area contributed by atoms with Gasteiger partial charge in [-0.2, -0.15) is 4.98 Å². The summed E-state index contributed by atoms with van der Waals surface area (Å²) in [6.07, 6.45) is 0. The molecule has 0 aliphatic heterocycles. The third-order valence-electron chi connectivity index (χ3n) is 1.99. The summed E-state index contributed by atoms with van der Waals surface area (Å²) in [4.78, 5) is 15.3. The van der Waals surface area contributed by atoms with Crippen molar-refractivity contribution >= 4 is 21.9 Å². The van der Waals surface area contributed by atoms with E-state index in [4.69, 9.17) is 9.26 Å². The molecule has 1 heterocycles. The zero-order valence-corrected chi connectivity index (χ0v) is 10.6. The summed E-state index contributed by atoms with van der Waals surface area (Å²) in [5.74, 6) is -0.382. The largest absolute Gasteiger partial charge is 0.460 e. The highest BCUT2D eigenvalue weighted by molar-refractivity contribution is 9.10. The van der Waals surface area contributed by atoms with Crippen molar-refractivity contribution in [3.63, 3.8) is 0 Å². The summed E-state index contributed by atoms with van der Waals surface area (Å²) in [7, 11) is 0. The number of carbonyl (C=O) groups excluding carboxylic acids is 1. The number of carbonyl (C=O) groups is 1. The third kappa shape index (κ3) is 2.52. The molecule has 0 spiro atoms. The van der Waals surface area contributed by atoms with Crippen molar-refractivity contribution in [1.29, 1.82) is 0 Å². The molecule has 0 aliphatic carbocycles. The zero-order chi connectivity index (χ0) is 12.3. The molecule has 2 aromatic rings. The van der Waals surface area contributed by atoms with Crippen LogP contribution >= 0.6 is 15.9 Å². The second-order valence-electron chi connectivity index (χ2n) is 3.12. The molecule has 0 fully saturated rings. The van der Waals surface area contributed by atoms with Gasteiger partial charge < -0.3 is 9.26 Å². The first-order valence-corrected chi connectivity index (χ1v) is 5.77. The van der Waals surface area contributed by atoms with Crippen molar-refractivity contribution in [3.8, 4) is 11.5 Å². The van der Waals surface area contributed by atoms with Gasteiger partial charge in [-0.3, -0.25) is 0 Å². The fourth-order valence-electron chi connectivity index (χ4n) is 1.25. The Hall–Kier alpha value is -1.69. The number of halogens is 1. The molecule has 6 heteroatoms. The summed E-state index contributed by atoms with van der Waals surface area (Å²) < 4.78 is 10.6. The minimum atomic E-state index is -0.588. The topological polar surface area (TPSA) is 65.2 Å². The van der Waals surface area contributed by atoms with Gasteiger partial charge in [0, 0.05) is 4.47 Å².